The van der Waals surface area contributed by atoms with Gasteiger partial charge in [-0.05, 0) is 0 Å². The van der Waals surface area contributed by atoms with Gasteiger partial charge in [-0.15, -0.1) is 0 Å². The summed E-state index contributed by atoms with van der Waals surface area (Å²) in [6, 6.07) is 15.9. The first kappa shape index (κ1) is 15.3. The fourth-order valence-electron chi connectivity index (χ4n) is 1.51. The van der Waals surface area contributed by atoms with Crippen LogP contribution in [0.3, 0.4) is 0 Å². The van der Waals surface area contributed by atoms with Crippen molar-refractivity contribution in [2.75, 3.05) is 0 Å². The molecule has 0 bridgehead atoms. The van der Waals surface area contributed by atoms with Crippen molar-refractivity contribution < 1.29 is 22.1 Å². The van der Waals surface area contributed by atoms with Gasteiger partial charge in [-0.25, -0.2) is 0 Å². The van der Waals surface area contributed by atoms with Gasteiger partial charge >= 0.3 is 132 Å². The summed E-state index contributed by atoms with van der Waals surface area (Å²) < 4.78 is 11.8. The van der Waals surface area contributed by atoms with E-state index >= 15 is 0 Å². The molecule has 2 aromatic rings. The molecule has 0 saturated carbocycles. The molecular formula is C14H14Br2O2Zr. The Morgan fingerprint density at radius 1 is 0.684 bits per heavy atom. The van der Waals surface area contributed by atoms with Gasteiger partial charge in [0.15, 0.2) is 0 Å². The summed E-state index contributed by atoms with van der Waals surface area (Å²) in [6.45, 7) is 4.09. The van der Waals surface area contributed by atoms with Crippen LogP contribution in [0, 0.1) is 13.8 Å². The van der Waals surface area contributed by atoms with Crippen molar-refractivity contribution in [1.82, 2.24) is 0 Å². The number of aryl methyl sites for hydroxylation is 2. The Bertz CT molecular complexity index is 489. The molecule has 0 atom stereocenters. The third-order valence-electron chi connectivity index (χ3n) is 2.52. The van der Waals surface area contributed by atoms with E-state index in [1.807, 2.05) is 62.4 Å². The van der Waals surface area contributed by atoms with Crippen LogP contribution >= 0.6 is 24.4 Å². The summed E-state index contributed by atoms with van der Waals surface area (Å²) in [5.74, 6) is 1.62. The molecule has 0 heterocycles. The molecule has 0 radical (unpaired) electrons. The quantitative estimate of drug-likeness (QED) is 0.605. The topological polar surface area (TPSA) is 18.5 Å². The number of benzene rings is 2. The second kappa shape index (κ2) is 6.56. The summed E-state index contributed by atoms with van der Waals surface area (Å²) in [7, 11) is 0. The Kier molecular flexibility index (Phi) is 5.27. The molecular weight excluding hydrogens is 451 g/mol. The summed E-state index contributed by atoms with van der Waals surface area (Å²) in [6.07, 6.45) is 0. The van der Waals surface area contributed by atoms with Crippen molar-refractivity contribution in [2.24, 2.45) is 0 Å². The molecule has 0 unspecified atom stereocenters. The van der Waals surface area contributed by atoms with Crippen molar-refractivity contribution in [1.29, 1.82) is 0 Å². The molecule has 0 fully saturated rings. The molecule has 100 valence electrons. The van der Waals surface area contributed by atoms with Crippen molar-refractivity contribution in [3.63, 3.8) is 0 Å². The molecule has 5 heteroatoms. The Hall–Kier alpha value is -0.117. The maximum atomic E-state index is 5.91. The van der Waals surface area contributed by atoms with Crippen LogP contribution in [-0.2, 0) is 16.4 Å². The standard InChI is InChI=1S/2C7H8O.2BrH.Zr/c2*1-6-2-4-7(8)5-3-6;;;/h2*2-5,8H,1H3;2*1H;/q;;;;+4/p-4. The third kappa shape index (κ3) is 5.05. The molecule has 0 aliphatic rings. The van der Waals surface area contributed by atoms with Crippen molar-refractivity contribution >= 4 is 24.4 Å². The van der Waals surface area contributed by atoms with Crippen LogP contribution < -0.4 is 5.63 Å². The Balaban J connectivity index is 2.05. The molecule has 0 saturated heterocycles. The Labute approximate surface area is 130 Å². The van der Waals surface area contributed by atoms with Gasteiger partial charge < -0.3 is 0 Å². The van der Waals surface area contributed by atoms with Crippen molar-refractivity contribution in [2.45, 2.75) is 13.8 Å². The zero-order valence-corrected chi connectivity index (χ0v) is 16.3. The maximum absolute atomic E-state index is 5.91. The monoisotopic (exact) mass is 462 g/mol. The molecule has 0 spiro atoms. The van der Waals surface area contributed by atoms with E-state index in [4.69, 9.17) is 5.63 Å². The van der Waals surface area contributed by atoms with Crippen LogP contribution in [0.15, 0.2) is 48.5 Å². The molecule has 0 aliphatic carbocycles. The summed E-state index contributed by atoms with van der Waals surface area (Å²) in [5, 5.41) is 0. The van der Waals surface area contributed by atoms with Gasteiger partial charge in [-0.3, -0.25) is 0 Å². The van der Waals surface area contributed by atoms with Crippen molar-refractivity contribution in [3.8, 4) is 11.5 Å². The van der Waals surface area contributed by atoms with E-state index in [2.05, 4.69) is 24.4 Å². The van der Waals surface area contributed by atoms with E-state index in [9.17, 15) is 0 Å². The molecule has 0 aromatic heterocycles. The van der Waals surface area contributed by atoms with Crippen molar-refractivity contribution in [3.05, 3.63) is 59.7 Å². The average Bonchev–Trinajstić information content (AvgIpc) is 2.34. The Morgan fingerprint density at radius 2 is 1.00 bits per heavy atom. The second-order valence-electron chi connectivity index (χ2n) is 4.29. The predicted molar refractivity (Wildman–Crippen MR) is 81.5 cm³/mol. The number of rotatable bonds is 4. The predicted octanol–water partition coefficient (Wildman–Crippen LogP) is 5.36. The van der Waals surface area contributed by atoms with E-state index in [1.165, 1.54) is 11.1 Å². The van der Waals surface area contributed by atoms with Crippen LogP contribution in [0.5, 0.6) is 11.5 Å². The molecule has 19 heavy (non-hydrogen) atoms. The second-order valence-corrected chi connectivity index (χ2v) is 26.2. The van der Waals surface area contributed by atoms with Gasteiger partial charge in [-0.1, -0.05) is 0 Å². The minimum atomic E-state index is -3.37. The fraction of sp³-hybridized carbons (Fsp3) is 0.143. The first-order valence-corrected chi connectivity index (χ1v) is 19.1. The zero-order chi connectivity index (χ0) is 13.9. The summed E-state index contributed by atoms with van der Waals surface area (Å²) >= 11 is 3.78. The van der Waals surface area contributed by atoms with E-state index in [0.29, 0.717) is 0 Å². The van der Waals surface area contributed by atoms with Crippen LogP contribution in [0.1, 0.15) is 11.1 Å². The van der Waals surface area contributed by atoms with Crippen LogP contribution in [0.4, 0.5) is 0 Å². The zero-order valence-electron chi connectivity index (χ0n) is 10.7. The van der Waals surface area contributed by atoms with Gasteiger partial charge in [0, 0.05) is 0 Å². The van der Waals surface area contributed by atoms with Crippen LogP contribution in [0.2, 0.25) is 0 Å². The fourth-order valence-corrected chi connectivity index (χ4v) is 8.05. The SMILES string of the molecule is Cc1ccc([O][Zr]([Br])([Br])[O]c2ccc(C)cc2)cc1. The first-order chi connectivity index (χ1) is 8.94. The molecule has 2 aromatic carbocycles. The first-order valence-electron chi connectivity index (χ1n) is 5.84. The van der Waals surface area contributed by atoms with Gasteiger partial charge in [0.2, 0.25) is 0 Å². The van der Waals surface area contributed by atoms with Crippen LogP contribution in [-0.4, -0.2) is 0 Å². The number of halogens is 2. The van der Waals surface area contributed by atoms with Gasteiger partial charge in [-0.2, -0.15) is 0 Å². The Morgan fingerprint density at radius 3 is 1.32 bits per heavy atom. The molecule has 0 aliphatic heterocycles. The minimum absolute atomic E-state index is 0.808. The normalized spacial score (nSPS) is 11.2. The average molecular weight is 465 g/mol. The van der Waals surface area contributed by atoms with E-state index < -0.39 is 16.4 Å². The molecule has 2 rings (SSSR count). The van der Waals surface area contributed by atoms with E-state index in [1.54, 1.807) is 0 Å². The van der Waals surface area contributed by atoms with Crippen LogP contribution in [0.25, 0.3) is 0 Å². The third-order valence-corrected chi connectivity index (χ3v) is 8.67. The molecule has 0 N–H and O–H groups in total. The van der Waals surface area contributed by atoms with Gasteiger partial charge in [0.05, 0.1) is 0 Å². The summed E-state index contributed by atoms with van der Waals surface area (Å²) in [5.41, 5.74) is 2.41. The number of hydrogen-bond acceptors (Lipinski definition) is 2. The number of hydrogen-bond donors (Lipinski definition) is 0. The van der Waals surface area contributed by atoms with E-state index in [-0.39, 0.29) is 0 Å². The van der Waals surface area contributed by atoms with Gasteiger partial charge in [0.25, 0.3) is 0 Å². The molecule has 2 nitrogen and oxygen atoms in total. The van der Waals surface area contributed by atoms with E-state index in [0.717, 1.165) is 11.5 Å². The van der Waals surface area contributed by atoms with Gasteiger partial charge in [0.1, 0.15) is 0 Å². The summed E-state index contributed by atoms with van der Waals surface area (Å²) in [4.78, 5) is 0. The molecule has 0 amide bonds.